The molecule has 1 fully saturated rings. The van der Waals surface area contributed by atoms with Crippen molar-refractivity contribution in [2.75, 3.05) is 13.1 Å². The highest BCUT2D eigenvalue weighted by molar-refractivity contribution is 5.68. The summed E-state index contributed by atoms with van der Waals surface area (Å²) in [5, 5.41) is 21.8. The SMILES string of the molecule is Cc1c(-c2cc(OC(C)c3ccc(F)cn3)n3c(C#N)cnc3c2)nnn1C1CCNCC1. The van der Waals surface area contributed by atoms with E-state index in [0.29, 0.717) is 29.0 Å². The van der Waals surface area contributed by atoms with E-state index in [2.05, 4.69) is 31.7 Å². The van der Waals surface area contributed by atoms with Gasteiger partial charge >= 0.3 is 0 Å². The van der Waals surface area contributed by atoms with Crippen LogP contribution in [-0.2, 0) is 0 Å². The van der Waals surface area contributed by atoms with E-state index in [1.807, 2.05) is 30.7 Å². The molecule has 1 unspecified atom stereocenters. The molecule has 5 rings (SSSR count). The maximum absolute atomic E-state index is 13.3. The summed E-state index contributed by atoms with van der Waals surface area (Å²) < 4.78 is 23.1. The first-order valence-electron chi connectivity index (χ1n) is 10.9. The number of nitrogens with one attached hydrogen (secondary N) is 1. The van der Waals surface area contributed by atoms with Gasteiger partial charge in [-0.25, -0.2) is 14.1 Å². The van der Waals surface area contributed by atoms with Crippen LogP contribution in [0.25, 0.3) is 16.9 Å². The van der Waals surface area contributed by atoms with Crippen molar-refractivity contribution in [3.63, 3.8) is 0 Å². The summed E-state index contributed by atoms with van der Waals surface area (Å²) in [6, 6.07) is 9.09. The Bertz CT molecular complexity index is 1330. The van der Waals surface area contributed by atoms with Gasteiger partial charge in [-0.3, -0.25) is 9.38 Å². The van der Waals surface area contributed by atoms with Crippen LogP contribution in [0, 0.1) is 24.1 Å². The van der Waals surface area contributed by atoms with Gasteiger partial charge in [-0.1, -0.05) is 5.21 Å². The normalized spacial score (nSPS) is 15.5. The molecule has 4 aromatic heterocycles. The highest BCUT2D eigenvalue weighted by Crippen LogP contribution is 2.32. The molecule has 0 radical (unpaired) electrons. The van der Waals surface area contributed by atoms with Crippen molar-refractivity contribution in [2.24, 2.45) is 0 Å². The Morgan fingerprint density at radius 1 is 1.21 bits per heavy atom. The Morgan fingerprint density at radius 3 is 2.76 bits per heavy atom. The summed E-state index contributed by atoms with van der Waals surface area (Å²) in [5.41, 5.74) is 3.99. The molecule has 1 N–H and O–H groups in total. The maximum atomic E-state index is 13.3. The van der Waals surface area contributed by atoms with Gasteiger partial charge in [-0.2, -0.15) is 5.26 Å². The average molecular weight is 446 g/mol. The van der Waals surface area contributed by atoms with Crippen LogP contribution < -0.4 is 10.1 Å². The molecule has 1 atom stereocenters. The van der Waals surface area contributed by atoms with E-state index in [4.69, 9.17) is 4.74 Å². The van der Waals surface area contributed by atoms with E-state index >= 15 is 0 Å². The third kappa shape index (κ3) is 3.91. The fourth-order valence-corrected chi connectivity index (χ4v) is 4.26. The van der Waals surface area contributed by atoms with Crippen molar-refractivity contribution in [2.45, 2.75) is 38.8 Å². The Morgan fingerprint density at radius 2 is 2.03 bits per heavy atom. The summed E-state index contributed by atoms with van der Waals surface area (Å²) in [4.78, 5) is 8.50. The summed E-state index contributed by atoms with van der Waals surface area (Å²) >= 11 is 0. The second-order valence-electron chi connectivity index (χ2n) is 8.14. The van der Waals surface area contributed by atoms with E-state index in [0.717, 1.165) is 49.1 Å². The van der Waals surface area contributed by atoms with E-state index < -0.39 is 11.9 Å². The van der Waals surface area contributed by atoms with Crippen molar-refractivity contribution in [3.05, 3.63) is 59.6 Å². The van der Waals surface area contributed by atoms with Crippen LogP contribution in [0.5, 0.6) is 5.88 Å². The first-order valence-corrected chi connectivity index (χ1v) is 10.9. The monoisotopic (exact) mass is 446 g/mol. The molecule has 4 aromatic rings. The van der Waals surface area contributed by atoms with Gasteiger partial charge in [0, 0.05) is 11.6 Å². The quantitative estimate of drug-likeness (QED) is 0.501. The molecule has 0 aromatic carbocycles. The fourth-order valence-electron chi connectivity index (χ4n) is 4.26. The lowest BCUT2D eigenvalue weighted by molar-refractivity contribution is 0.209. The molecule has 0 bridgehead atoms. The zero-order valence-electron chi connectivity index (χ0n) is 18.4. The van der Waals surface area contributed by atoms with Gasteiger partial charge in [0.15, 0.2) is 0 Å². The van der Waals surface area contributed by atoms with Gasteiger partial charge in [0.05, 0.1) is 29.8 Å². The van der Waals surface area contributed by atoms with Crippen molar-refractivity contribution in [3.8, 4) is 23.2 Å². The van der Waals surface area contributed by atoms with Gasteiger partial charge in [-0.05, 0) is 58.0 Å². The molecular formula is C23H23FN8O. The summed E-state index contributed by atoms with van der Waals surface area (Å²) in [5.74, 6) is 0.00927. The molecule has 1 aliphatic heterocycles. The highest BCUT2D eigenvalue weighted by Gasteiger charge is 2.22. The molecule has 168 valence electrons. The minimum atomic E-state index is -0.482. The largest absolute Gasteiger partial charge is 0.469 e. The van der Waals surface area contributed by atoms with E-state index in [1.165, 1.54) is 12.3 Å². The van der Waals surface area contributed by atoms with E-state index in [9.17, 15) is 9.65 Å². The molecule has 0 aliphatic carbocycles. The molecule has 9 nitrogen and oxygen atoms in total. The number of aromatic nitrogens is 6. The minimum absolute atomic E-state index is 0.313. The van der Waals surface area contributed by atoms with Gasteiger partial charge in [0.2, 0.25) is 5.88 Å². The number of rotatable bonds is 5. The number of nitrogens with zero attached hydrogens (tertiary/aromatic N) is 7. The van der Waals surface area contributed by atoms with Gasteiger partial charge < -0.3 is 10.1 Å². The molecule has 1 aliphatic rings. The molecule has 10 heteroatoms. The van der Waals surface area contributed by atoms with Crippen LogP contribution in [0.2, 0.25) is 0 Å². The Kier molecular flexibility index (Phi) is 5.48. The number of imidazole rings is 1. The highest BCUT2D eigenvalue weighted by atomic mass is 19.1. The number of nitriles is 1. The molecule has 0 spiro atoms. The standard InChI is InChI=1S/C23H23FN8O/c1-14-23(29-30-32(14)18-5-7-26-8-6-18)16-9-21-28-13-19(11-25)31(21)22(10-16)33-15(2)20-4-3-17(24)12-27-20/h3-4,9-10,12-13,15,18,26H,5-8H2,1-2H3. The first kappa shape index (κ1) is 21.0. The number of halogens is 1. The third-order valence-electron chi connectivity index (χ3n) is 6.01. The topological polar surface area (TPSA) is 106 Å². The fraction of sp³-hybridized carbons (Fsp3) is 0.348. The van der Waals surface area contributed by atoms with Gasteiger partial charge in [0.25, 0.3) is 0 Å². The molecule has 0 saturated carbocycles. The smallest absolute Gasteiger partial charge is 0.201 e. The summed E-state index contributed by atoms with van der Waals surface area (Å²) in [6.45, 7) is 5.76. The molecule has 5 heterocycles. The number of ether oxygens (including phenoxy) is 1. The van der Waals surface area contributed by atoms with E-state index in [-0.39, 0.29) is 0 Å². The van der Waals surface area contributed by atoms with E-state index in [1.54, 1.807) is 10.5 Å². The first-order chi connectivity index (χ1) is 16.0. The zero-order valence-corrected chi connectivity index (χ0v) is 18.4. The lowest BCUT2D eigenvalue weighted by Gasteiger charge is -2.23. The lowest BCUT2D eigenvalue weighted by Crippen LogP contribution is -2.30. The molecule has 0 amide bonds. The Labute approximate surface area is 189 Å². The van der Waals surface area contributed by atoms with Crippen LogP contribution in [0.4, 0.5) is 4.39 Å². The summed E-state index contributed by atoms with van der Waals surface area (Å²) in [6.07, 6.45) is 4.19. The van der Waals surface area contributed by atoms with Crippen LogP contribution >= 0.6 is 0 Å². The second-order valence-corrected chi connectivity index (χ2v) is 8.14. The maximum Gasteiger partial charge on any atom is 0.201 e. The molecular weight excluding hydrogens is 423 g/mol. The Hall–Kier alpha value is -3.84. The number of hydrogen-bond acceptors (Lipinski definition) is 7. The van der Waals surface area contributed by atoms with Crippen molar-refractivity contribution < 1.29 is 9.13 Å². The van der Waals surface area contributed by atoms with Crippen LogP contribution in [-0.4, -0.2) is 42.5 Å². The Balaban J connectivity index is 1.55. The number of pyridine rings is 2. The zero-order chi connectivity index (χ0) is 22.9. The molecule has 33 heavy (non-hydrogen) atoms. The van der Waals surface area contributed by atoms with Crippen molar-refractivity contribution in [1.82, 2.24) is 34.7 Å². The van der Waals surface area contributed by atoms with Crippen LogP contribution in [0.1, 0.15) is 49.0 Å². The summed E-state index contributed by atoms with van der Waals surface area (Å²) in [7, 11) is 0. The number of hydrogen-bond donors (Lipinski definition) is 1. The second kappa shape index (κ2) is 8.60. The number of fused-ring (bicyclic) bond motifs is 1. The van der Waals surface area contributed by atoms with Crippen LogP contribution in [0.15, 0.2) is 36.7 Å². The molecule has 1 saturated heterocycles. The van der Waals surface area contributed by atoms with Crippen molar-refractivity contribution in [1.29, 1.82) is 5.26 Å². The number of piperidine rings is 1. The predicted molar refractivity (Wildman–Crippen MR) is 118 cm³/mol. The lowest BCUT2D eigenvalue weighted by atomic mass is 10.1. The van der Waals surface area contributed by atoms with Gasteiger partial charge in [-0.15, -0.1) is 5.10 Å². The minimum Gasteiger partial charge on any atom is -0.469 e. The third-order valence-corrected chi connectivity index (χ3v) is 6.01. The predicted octanol–water partition coefficient (Wildman–Crippen LogP) is 3.37. The van der Waals surface area contributed by atoms with Crippen LogP contribution in [0.3, 0.4) is 0 Å². The van der Waals surface area contributed by atoms with Crippen molar-refractivity contribution >= 4 is 5.65 Å². The average Bonchev–Trinajstić information content (AvgIpc) is 3.43. The van der Waals surface area contributed by atoms with Gasteiger partial charge in [0.1, 0.15) is 35.0 Å².